The Labute approximate surface area is 122 Å². The molecule has 0 bridgehead atoms. The molecule has 20 heavy (non-hydrogen) atoms. The molecule has 0 aromatic heterocycles. The van der Waals surface area contributed by atoms with Crippen molar-refractivity contribution in [1.29, 1.82) is 0 Å². The molecule has 0 saturated heterocycles. The van der Waals surface area contributed by atoms with Crippen molar-refractivity contribution in [2.75, 3.05) is 0 Å². The highest BCUT2D eigenvalue weighted by Gasteiger charge is 2.18. The van der Waals surface area contributed by atoms with Crippen molar-refractivity contribution in [3.05, 3.63) is 59.2 Å². The van der Waals surface area contributed by atoms with Crippen LogP contribution in [-0.4, -0.2) is 5.11 Å². The molecule has 0 aromatic rings. The van der Waals surface area contributed by atoms with Gasteiger partial charge in [0, 0.05) is 0 Å². The van der Waals surface area contributed by atoms with Crippen molar-refractivity contribution in [2.45, 2.75) is 47.5 Å². The number of aliphatic hydroxyl groups excluding tert-OH is 1. The molecule has 1 unspecified atom stereocenters. The standard InChI is InChI=1S/C16H21FO.C2H6/c1-10-6-13(4)15(7-10)8-11(2)12(3)9-16(17)14(5)18;1-2/h8-10,18H,2,4,6-7H2,1,3,5H3;1-2H3/b12-9+,15-8-,16-14-;. The maximum absolute atomic E-state index is 13.3. The lowest BCUT2D eigenvalue weighted by atomic mass is 10.0. The third-order valence-electron chi connectivity index (χ3n) is 3.16. The summed E-state index contributed by atoms with van der Waals surface area (Å²) in [6.07, 6.45) is 5.29. The molecule has 0 heterocycles. The first-order valence-corrected chi connectivity index (χ1v) is 7.13. The highest BCUT2D eigenvalue weighted by molar-refractivity contribution is 5.46. The van der Waals surface area contributed by atoms with Crippen molar-refractivity contribution >= 4 is 0 Å². The van der Waals surface area contributed by atoms with E-state index in [0.29, 0.717) is 11.5 Å². The van der Waals surface area contributed by atoms with E-state index in [0.717, 1.165) is 24.0 Å². The third kappa shape index (κ3) is 5.60. The molecular formula is C18H27FO. The molecule has 1 aliphatic carbocycles. The van der Waals surface area contributed by atoms with E-state index in [1.54, 1.807) is 6.92 Å². The van der Waals surface area contributed by atoms with E-state index in [2.05, 4.69) is 20.1 Å². The Hall–Kier alpha value is -1.57. The Kier molecular flexibility index (Phi) is 7.90. The number of halogens is 1. The first-order valence-electron chi connectivity index (χ1n) is 7.13. The monoisotopic (exact) mass is 278 g/mol. The van der Waals surface area contributed by atoms with E-state index in [4.69, 9.17) is 5.11 Å². The van der Waals surface area contributed by atoms with Crippen LogP contribution in [0.1, 0.15) is 47.5 Å². The van der Waals surface area contributed by atoms with Crippen LogP contribution < -0.4 is 0 Å². The summed E-state index contributed by atoms with van der Waals surface area (Å²) in [5, 5.41) is 9.01. The van der Waals surface area contributed by atoms with Crippen molar-refractivity contribution in [3.8, 4) is 0 Å². The number of allylic oxidation sites excluding steroid dienone is 8. The van der Waals surface area contributed by atoms with Crippen LogP contribution in [0.25, 0.3) is 0 Å². The molecule has 0 spiro atoms. The van der Waals surface area contributed by atoms with Gasteiger partial charge in [-0.25, -0.2) is 4.39 Å². The molecule has 2 heteroatoms. The van der Waals surface area contributed by atoms with Crippen LogP contribution in [0.2, 0.25) is 0 Å². The third-order valence-corrected chi connectivity index (χ3v) is 3.16. The summed E-state index contributed by atoms with van der Waals surface area (Å²) in [6.45, 7) is 17.3. The van der Waals surface area contributed by atoms with Gasteiger partial charge >= 0.3 is 0 Å². The van der Waals surface area contributed by atoms with Crippen molar-refractivity contribution in [1.82, 2.24) is 0 Å². The zero-order chi connectivity index (χ0) is 15.9. The van der Waals surface area contributed by atoms with Gasteiger partial charge in [0.15, 0.2) is 5.83 Å². The first kappa shape index (κ1) is 18.4. The minimum Gasteiger partial charge on any atom is -0.510 e. The van der Waals surface area contributed by atoms with Gasteiger partial charge in [-0.15, -0.1) is 0 Å². The Morgan fingerprint density at radius 1 is 1.30 bits per heavy atom. The molecule has 1 rings (SSSR count). The first-order chi connectivity index (χ1) is 9.31. The lowest BCUT2D eigenvalue weighted by Crippen LogP contribution is -1.86. The smallest absolute Gasteiger partial charge is 0.160 e. The number of aliphatic hydroxyl groups is 1. The molecule has 0 aliphatic heterocycles. The molecular weight excluding hydrogens is 251 g/mol. The Bertz CT molecular complexity index is 460. The largest absolute Gasteiger partial charge is 0.510 e. The molecule has 0 radical (unpaired) electrons. The molecule has 1 atom stereocenters. The van der Waals surface area contributed by atoms with E-state index in [1.807, 2.05) is 19.9 Å². The van der Waals surface area contributed by atoms with Crippen LogP contribution in [0.3, 0.4) is 0 Å². The van der Waals surface area contributed by atoms with Crippen molar-refractivity contribution < 1.29 is 9.50 Å². The molecule has 112 valence electrons. The SMILES string of the molecule is C=C1CC(C)C/C1=C/C(=C)/C(C)=C/C(F)=C(\C)O.CC. The van der Waals surface area contributed by atoms with Gasteiger partial charge < -0.3 is 5.11 Å². The van der Waals surface area contributed by atoms with E-state index >= 15 is 0 Å². The van der Waals surface area contributed by atoms with Gasteiger partial charge in [-0.05, 0) is 55.4 Å². The van der Waals surface area contributed by atoms with Crippen LogP contribution in [0.4, 0.5) is 4.39 Å². The predicted octanol–water partition coefficient (Wildman–Crippen LogP) is 6.19. The molecule has 1 fully saturated rings. The second-order valence-corrected chi connectivity index (χ2v) is 5.07. The fraction of sp³-hybridized carbons (Fsp3) is 0.444. The second kappa shape index (κ2) is 8.57. The number of hydrogen-bond donors (Lipinski definition) is 1. The van der Waals surface area contributed by atoms with E-state index in [-0.39, 0.29) is 5.76 Å². The summed E-state index contributed by atoms with van der Waals surface area (Å²) < 4.78 is 13.3. The van der Waals surface area contributed by atoms with Gasteiger partial charge in [-0.1, -0.05) is 45.6 Å². The highest BCUT2D eigenvalue weighted by atomic mass is 19.1. The van der Waals surface area contributed by atoms with Crippen LogP contribution in [0.15, 0.2) is 59.2 Å². The lowest BCUT2D eigenvalue weighted by Gasteiger charge is -2.04. The van der Waals surface area contributed by atoms with Gasteiger partial charge in [-0.3, -0.25) is 0 Å². The Balaban J connectivity index is 0.00000172. The van der Waals surface area contributed by atoms with Gasteiger partial charge in [0.2, 0.25) is 0 Å². The summed E-state index contributed by atoms with van der Waals surface area (Å²) in [6, 6.07) is 0. The molecule has 1 N–H and O–H groups in total. The topological polar surface area (TPSA) is 20.2 Å². The summed E-state index contributed by atoms with van der Waals surface area (Å²) in [5.74, 6) is -0.309. The summed E-state index contributed by atoms with van der Waals surface area (Å²) in [7, 11) is 0. The zero-order valence-electron chi connectivity index (χ0n) is 13.4. The quantitative estimate of drug-likeness (QED) is 0.482. The van der Waals surface area contributed by atoms with Gasteiger partial charge in [-0.2, -0.15) is 0 Å². The van der Waals surface area contributed by atoms with Gasteiger partial charge in [0.1, 0.15) is 5.76 Å². The molecule has 1 nitrogen and oxygen atoms in total. The van der Waals surface area contributed by atoms with E-state index < -0.39 is 5.83 Å². The normalized spacial score (nSPS) is 22.3. The average Bonchev–Trinajstić information content (AvgIpc) is 2.69. The highest BCUT2D eigenvalue weighted by Crippen LogP contribution is 2.35. The number of rotatable bonds is 3. The lowest BCUT2D eigenvalue weighted by molar-refractivity contribution is 0.388. The van der Waals surface area contributed by atoms with Crippen LogP contribution in [0.5, 0.6) is 0 Å². The van der Waals surface area contributed by atoms with Gasteiger partial charge in [0.05, 0.1) is 0 Å². The average molecular weight is 278 g/mol. The predicted molar refractivity (Wildman–Crippen MR) is 86.3 cm³/mol. The maximum Gasteiger partial charge on any atom is 0.160 e. The molecule has 1 aliphatic rings. The Morgan fingerprint density at radius 2 is 1.85 bits per heavy atom. The minimum atomic E-state index is -0.620. The van der Waals surface area contributed by atoms with Crippen LogP contribution >= 0.6 is 0 Å². The van der Waals surface area contributed by atoms with E-state index in [1.165, 1.54) is 18.6 Å². The molecule has 1 saturated carbocycles. The number of hydrogen-bond acceptors (Lipinski definition) is 1. The summed E-state index contributed by atoms with van der Waals surface area (Å²) in [4.78, 5) is 0. The molecule has 0 aromatic carbocycles. The summed E-state index contributed by atoms with van der Waals surface area (Å²) >= 11 is 0. The minimum absolute atomic E-state index is 0.311. The van der Waals surface area contributed by atoms with Crippen LogP contribution in [-0.2, 0) is 0 Å². The molecule has 0 amide bonds. The van der Waals surface area contributed by atoms with Crippen molar-refractivity contribution in [2.24, 2.45) is 5.92 Å². The second-order valence-electron chi connectivity index (χ2n) is 5.07. The summed E-state index contributed by atoms with van der Waals surface area (Å²) in [5.41, 5.74) is 3.81. The van der Waals surface area contributed by atoms with Crippen LogP contribution in [0, 0.1) is 5.92 Å². The fourth-order valence-corrected chi connectivity index (χ4v) is 2.02. The van der Waals surface area contributed by atoms with E-state index in [9.17, 15) is 4.39 Å². The van der Waals surface area contributed by atoms with Gasteiger partial charge in [0.25, 0.3) is 0 Å². The Morgan fingerprint density at radius 3 is 2.25 bits per heavy atom. The zero-order valence-corrected chi connectivity index (χ0v) is 13.4. The maximum atomic E-state index is 13.3. The fourth-order valence-electron chi connectivity index (χ4n) is 2.02. The van der Waals surface area contributed by atoms with Crippen molar-refractivity contribution in [3.63, 3.8) is 0 Å².